The summed E-state index contributed by atoms with van der Waals surface area (Å²) in [5.41, 5.74) is 10.7. The van der Waals surface area contributed by atoms with Crippen LogP contribution in [0.4, 0.5) is 0 Å². The molecule has 0 saturated carbocycles. The van der Waals surface area contributed by atoms with Gasteiger partial charge < -0.3 is 4.57 Å². The van der Waals surface area contributed by atoms with Crippen LogP contribution in [0.25, 0.3) is 75.8 Å². The van der Waals surface area contributed by atoms with Gasteiger partial charge in [-0.05, 0) is 99.8 Å². The molecule has 226 valence electrons. The third-order valence-corrected chi connectivity index (χ3v) is 11.0. The van der Waals surface area contributed by atoms with Crippen LogP contribution in [0, 0.1) is 11.8 Å². The van der Waals surface area contributed by atoms with Crippen LogP contribution in [0.3, 0.4) is 0 Å². The number of fused-ring (bicyclic) bond motifs is 6. The summed E-state index contributed by atoms with van der Waals surface area (Å²) in [6.45, 7) is 0. The molecule has 2 unspecified atom stereocenters. The molecule has 0 N–H and O–H groups in total. The van der Waals surface area contributed by atoms with Crippen LogP contribution in [-0.2, 0) is 0 Å². The highest BCUT2D eigenvalue weighted by Gasteiger charge is 2.20. The lowest BCUT2D eigenvalue weighted by Gasteiger charge is -2.23. The predicted molar refractivity (Wildman–Crippen MR) is 205 cm³/mol. The lowest BCUT2D eigenvalue weighted by Crippen LogP contribution is -2.11. The van der Waals surface area contributed by atoms with Crippen molar-refractivity contribution in [2.45, 2.75) is 0 Å². The molecule has 48 heavy (non-hydrogen) atoms. The fourth-order valence-electron chi connectivity index (χ4n) is 7.45. The average Bonchev–Trinajstić information content (AvgIpc) is 3.73. The molecule has 2 nitrogen and oxygen atoms in total. The molecule has 0 fully saturated rings. The Hall–Kier alpha value is -5.77. The molecular weight excluding hydrogens is 601 g/mol. The van der Waals surface area contributed by atoms with E-state index < -0.39 is 0 Å². The first-order valence-electron chi connectivity index (χ1n) is 16.5. The minimum atomic E-state index is 0.403. The molecule has 2 atom stereocenters. The van der Waals surface area contributed by atoms with Crippen LogP contribution < -0.4 is 0 Å². The first-order valence-corrected chi connectivity index (χ1v) is 17.4. The Labute approximate surface area is 282 Å². The molecule has 6 aromatic carbocycles. The Kier molecular flexibility index (Phi) is 6.21. The molecule has 0 spiro atoms. The highest BCUT2D eigenvalue weighted by molar-refractivity contribution is 7.21. The summed E-state index contributed by atoms with van der Waals surface area (Å²) in [7, 11) is 0. The summed E-state index contributed by atoms with van der Waals surface area (Å²) in [5, 5.41) is 6.09. The standard InChI is InChI=1S/C45H30N2S/c1-3-9-32-25-34(15-13-29(32)7-1)36-19-23-42-39(27-36)40-28-37(35-16-14-30-8-2-4-10-33(30)26-35)20-24-43(40)47(42)38-21-17-31(18-22-38)45-46-41-11-5-6-12-44(41)48-45/h1-29,32H. The molecule has 0 aliphatic heterocycles. The first-order chi connectivity index (χ1) is 23.7. The van der Waals surface area contributed by atoms with Gasteiger partial charge >= 0.3 is 0 Å². The quantitative estimate of drug-likeness (QED) is 0.189. The molecular formula is C45H30N2S. The maximum atomic E-state index is 4.90. The fraction of sp³-hybridized carbons (Fsp3) is 0.0444. The van der Waals surface area contributed by atoms with Gasteiger partial charge in [-0.15, -0.1) is 11.3 Å². The Morgan fingerprint density at radius 1 is 0.542 bits per heavy atom. The van der Waals surface area contributed by atoms with Gasteiger partial charge in [-0.2, -0.15) is 0 Å². The van der Waals surface area contributed by atoms with E-state index in [1.165, 1.54) is 59.5 Å². The van der Waals surface area contributed by atoms with Crippen molar-refractivity contribution >= 4 is 59.7 Å². The van der Waals surface area contributed by atoms with Crippen LogP contribution >= 0.6 is 11.3 Å². The molecule has 3 heteroatoms. The van der Waals surface area contributed by atoms with Crippen molar-refractivity contribution in [1.82, 2.24) is 9.55 Å². The molecule has 10 rings (SSSR count). The van der Waals surface area contributed by atoms with Gasteiger partial charge in [0.2, 0.25) is 0 Å². The summed E-state index contributed by atoms with van der Waals surface area (Å²) >= 11 is 1.74. The van der Waals surface area contributed by atoms with Gasteiger partial charge in [0.05, 0.1) is 21.3 Å². The summed E-state index contributed by atoms with van der Waals surface area (Å²) in [4.78, 5) is 4.90. The second-order valence-electron chi connectivity index (χ2n) is 12.8. The molecule has 2 aliphatic rings. The maximum absolute atomic E-state index is 4.90. The minimum absolute atomic E-state index is 0.403. The summed E-state index contributed by atoms with van der Waals surface area (Å²) < 4.78 is 3.63. The zero-order chi connectivity index (χ0) is 31.6. The van der Waals surface area contributed by atoms with Crippen molar-refractivity contribution in [3.63, 3.8) is 0 Å². The van der Waals surface area contributed by atoms with Crippen molar-refractivity contribution in [1.29, 1.82) is 0 Å². The van der Waals surface area contributed by atoms with E-state index in [9.17, 15) is 0 Å². The van der Waals surface area contributed by atoms with E-state index in [0.29, 0.717) is 11.8 Å². The van der Waals surface area contributed by atoms with Gasteiger partial charge in [0.25, 0.3) is 0 Å². The highest BCUT2D eigenvalue weighted by atomic mass is 32.1. The van der Waals surface area contributed by atoms with Crippen molar-refractivity contribution in [2.75, 3.05) is 0 Å². The number of aromatic nitrogens is 2. The monoisotopic (exact) mass is 630 g/mol. The van der Waals surface area contributed by atoms with Gasteiger partial charge in [-0.3, -0.25) is 0 Å². The number of para-hydroxylation sites is 1. The lowest BCUT2D eigenvalue weighted by atomic mass is 9.81. The number of benzene rings is 6. The van der Waals surface area contributed by atoms with Crippen LogP contribution in [0.15, 0.2) is 170 Å². The van der Waals surface area contributed by atoms with Gasteiger partial charge in [0, 0.05) is 33.9 Å². The maximum Gasteiger partial charge on any atom is 0.124 e. The van der Waals surface area contributed by atoms with Gasteiger partial charge in [0.1, 0.15) is 5.01 Å². The SMILES string of the molecule is C1=CC2C=CC(c3ccc4c(c3)c3cc(-c5ccc6ccccc6c5)ccc3n4-c3ccc(-c4nc5ccccc5s4)cc3)=CC2C=C1. The number of hydrogen-bond acceptors (Lipinski definition) is 2. The van der Waals surface area contributed by atoms with Crippen molar-refractivity contribution in [3.8, 4) is 27.4 Å². The molecule has 0 radical (unpaired) electrons. The largest absolute Gasteiger partial charge is 0.309 e. The van der Waals surface area contributed by atoms with Gasteiger partial charge in [-0.25, -0.2) is 4.98 Å². The second kappa shape index (κ2) is 10.9. The van der Waals surface area contributed by atoms with E-state index in [-0.39, 0.29) is 0 Å². The van der Waals surface area contributed by atoms with E-state index in [2.05, 4.69) is 174 Å². The number of rotatable bonds is 4. The number of hydrogen-bond donors (Lipinski definition) is 0. The van der Waals surface area contributed by atoms with E-state index in [1.54, 1.807) is 11.3 Å². The Bertz CT molecular complexity index is 2650. The van der Waals surface area contributed by atoms with Gasteiger partial charge in [0.15, 0.2) is 0 Å². The Morgan fingerprint density at radius 2 is 1.21 bits per heavy atom. The van der Waals surface area contributed by atoms with Crippen molar-refractivity contribution < 1.29 is 0 Å². The third kappa shape index (κ3) is 4.51. The van der Waals surface area contributed by atoms with Gasteiger partial charge in [-0.1, -0.05) is 103 Å². The molecule has 2 aromatic heterocycles. The predicted octanol–water partition coefficient (Wildman–Crippen LogP) is 12.2. The van der Waals surface area contributed by atoms with E-state index >= 15 is 0 Å². The number of nitrogens with zero attached hydrogens (tertiary/aromatic N) is 2. The summed E-state index contributed by atoms with van der Waals surface area (Å²) in [6, 6.07) is 46.6. The first kappa shape index (κ1) is 27.4. The highest BCUT2D eigenvalue weighted by Crippen LogP contribution is 2.39. The smallest absolute Gasteiger partial charge is 0.124 e. The van der Waals surface area contributed by atoms with E-state index in [0.717, 1.165) is 21.8 Å². The van der Waals surface area contributed by atoms with Crippen molar-refractivity contribution in [2.24, 2.45) is 11.8 Å². The van der Waals surface area contributed by atoms with Crippen LogP contribution in [0.1, 0.15) is 5.56 Å². The molecule has 0 bridgehead atoms. The zero-order valence-corrected chi connectivity index (χ0v) is 26.9. The van der Waals surface area contributed by atoms with Crippen molar-refractivity contribution in [3.05, 3.63) is 175 Å². The topological polar surface area (TPSA) is 17.8 Å². The number of thiazole rings is 1. The van der Waals surface area contributed by atoms with Crippen LogP contribution in [-0.4, -0.2) is 9.55 Å². The number of allylic oxidation sites excluding steroid dienone is 8. The Morgan fingerprint density at radius 3 is 2.04 bits per heavy atom. The molecule has 2 aliphatic carbocycles. The molecule has 0 saturated heterocycles. The Balaban J connectivity index is 1.13. The lowest BCUT2D eigenvalue weighted by molar-refractivity contribution is 0.663. The van der Waals surface area contributed by atoms with Crippen LogP contribution in [0.5, 0.6) is 0 Å². The summed E-state index contributed by atoms with van der Waals surface area (Å²) in [6.07, 6.45) is 16.0. The third-order valence-electron chi connectivity index (χ3n) is 9.94. The second-order valence-corrected chi connectivity index (χ2v) is 13.8. The van der Waals surface area contributed by atoms with Crippen LogP contribution in [0.2, 0.25) is 0 Å². The average molecular weight is 631 g/mol. The fourth-order valence-corrected chi connectivity index (χ4v) is 8.42. The molecule has 2 heterocycles. The van der Waals surface area contributed by atoms with E-state index in [1.807, 2.05) is 0 Å². The zero-order valence-electron chi connectivity index (χ0n) is 26.1. The molecule has 0 amide bonds. The molecule has 8 aromatic rings. The summed E-state index contributed by atoms with van der Waals surface area (Å²) in [5.74, 6) is 0.847. The normalized spacial score (nSPS) is 17.0. The van der Waals surface area contributed by atoms with E-state index in [4.69, 9.17) is 4.98 Å². The minimum Gasteiger partial charge on any atom is -0.309 e.